The fraction of sp³-hybridized carbons (Fsp3) is 0.147. The van der Waals surface area contributed by atoms with Crippen molar-refractivity contribution in [1.82, 2.24) is 0 Å². The van der Waals surface area contributed by atoms with Gasteiger partial charge in [0.15, 0.2) is 0 Å². The molecule has 0 radical (unpaired) electrons. The second-order valence-corrected chi connectivity index (χ2v) is 8.52. The molecule has 1 N–H and O–H groups in total. The molecular weight excluding hydrogens is 543 g/mol. The maximum Gasteiger partial charge on any atom is -0.171 e. The van der Waals surface area contributed by atoms with Gasteiger partial charge in [0.2, 0.25) is 0 Å². The third kappa shape index (κ3) is 17.7. The van der Waals surface area contributed by atoms with Crippen LogP contribution in [0.2, 0.25) is 0 Å². The van der Waals surface area contributed by atoms with Gasteiger partial charge in [-0.1, -0.05) is 63.2 Å². The van der Waals surface area contributed by atoms with Gasteiger partial charge in [0, 0.05) is 0 Å². The summed E-state index contributed by atoms with van der Waals surface area (Å²) in [5.74, 6) is 0.307. The number of phenols is 1. The van der Waals surface area contributed by atoms with Crippen molar-refractivity contribution in [3.8, 4) is 16.9 Å². The third-order valence-corrected chi connectivity index (χ3v) is 4.67. The molecule has 0 saturated carbocycles. The van der Waals surface area contributed by atoms with Gasteiger partial charge in [-0.15, -0.1) is 31.2 Å². The Hall–Kier alpha value is -2.68. The molecule has 0 amide bonds. The predicted octanol–water partition coefficient (Wildman–Crippen LogP) is 9.56. The van der Waals surface area contributed by atoms with E-state index in [1.165, 1.54) is 5.57 Å². The minimum absolute atomic E-state index is 0. The third-order valence-electron chi connectivity index (χ3n) is 4.67. The van der Waals surface area contributed by atoms with Crippen LogP contribution in [0.25, 0.3) is 11.1 Å². The molecule has 1 aliphatic carbocycles. The summed E-state index contributed by atoms with van der Waals surface area (Å²) >= 11 is 1.75. The zero-order chi connectivity index (χ0) is 26.5. The van der Waals surface area contributed by atoms with Crippen molar-refractivity contribution in [1.29, 1.82) is 0 Å². The van der Waals surface area contributed by atoms with Crippen LogP contribution >= 0.6 is 24.8 Å². The second-order valence-electron chi connectivity index (χ2n) is 8.52. The Labute approximate surface area is 254 Å². The van der Waals surface area contributed by atoms with Crippen LogP contribution in [0.3, 0.4) is 0 Å². The molecule has 200 valence electrons. The molecule has 0 fully saturated rings. The van der Waals surface area contributed by atoms with E-state index in [0.717, 1.165) is 17.5 Å². The summed E-state index contributed by atoms with van der Waals surface area (Å²) in [6.45, 7) is 6.64. The Bertz CT molecular complexity index is 1040. The normalized spacial score (nSPS) is 10.3. The molecule has 0 aliphatic heterocycles. The molecule has 4 heteroatoms. The van der Waals surface area contributed by atoms with Crippen molar-refractivity contribution < 1.29 is 25.1 Å². The summed E-state index contributed by atoms with van der Waals surface area (Å²) < 4.78 is 0. The molecular formula is C34H37Cl2OTi-3. The molecule has 0 aromatic heterocycles. The van der Waals surface area contributed by atoms with Crippen LogP contribution in [0.5, 0.6) is 5.75 Å². The van der Waals surface area contributed by atoms with Crippen LogP contribution in [0.15, 0.2) is 133 Å². The maximum atomic E-state index is 9.27. The second kappa shape index (κ2) is 23.4. The first-order valence-electron chi connectivity index (χ1n) is 11.8. The summed E-state index contributed by atoms with van der Waals surface area (Å²) in [7, 11) is 0. The van der Waals surface area contributed by atoms with Crippen molar-refractivity contribution in [2.24, 2.45) is 5.41 Å². The number of allylic oxidation sites excluding steroid dienone is 4. The number of phenolic OH excluding ortho intramolecular Hbond substituents is 1. The van der Waals surface area contributed by atoms with E-state index >= 15 is 0 Å². The molecule has 5 rings (SSSR count). The van der Waals surface area contributed by atoms with Gasteiger partial charge in [0.1, 0.15) is 5.75 Å². The van der Waals surface area contributed by atoms with E-state index in [1.807, 2.05) is 103 Å². The molecule has 0 heterocycles. The minimum Gasteiger partial charge on any atom is -0.184 e. The van der Waals surface area contributed by atoms with Crippen molar-refractivity contribution in [2.75, 3.05) is 0 Å². The Morgan fingerprint density at radius 1 is 0.684 bits per heavy atom. The first-order chi connectivity index (χ1) is 17.5. The largest absolute Gasteiger partial charge is 0.184 e. The fourth-order valence-corrected chi connectivity index (χ4v) is 2.92. The summed E-state index contributed by atoms with van der Waals surface area (Å²) in [5, 5.41) is 9.27. The van der Waals surface area contributed by atoms with Crippen LogP contribution in [-0.4, -0.2) is 9.92 Å². The van der Waals surface area contributed by atoms with Gasteiger partial charge in [-0.25, -0.2) is 11.6 Å². The molecule has 0 spiro atoms. The summed E-state index contributed by atoms with van der Waals surface area (Å²) in [6.07, 6.45) is 8.63. The number of benzene rings is 4. The predicted molar refractivity (Wildman–Crippen MR) is 166 cm³/mol. The van der Waals surface area contributed by atoms with Crippen LogP contribution in [0, 0.1) is 23.6 Å². The molecule has 1 aliphatic rings. The summed E-state index contributed by atoms with van der Waals surface area (Å²) in [6, 6.07) is 42.3. The van der Waals surface area contributed by atoms with E-state index in [0.29, 0.717) is 11.2 Å². The maximum absolute atomic E-state index is 9.27. The minimum atomic E-state index is 0. The first kappa shape index (κ1) is 37.5. The van der Waals surface area contributed by atoms with E-state index in [4.69, 9.17) is 0 Å². The molecule has 4 aromatic rings. The van der Waals surface area contributed by atoms with Gasteiger partial charge in [-0.3, -0.25) is 6.08 Å². The number of hydrogen-bond donors (Lipinski definition) is 1. The van der Waals surface area contributed by atoms with E-state index in [1.54, 1.807) is 32.1 Å². The number of hydrogen-bond acceptors (Lipinski definition) is 1. The van der Waals surface area contributed by atoms with Crippen molar-refractivity contribution >= 4 is 29.6 Å². The van der Waals surface area contributed by atoms with Gasteiger partial charge in [0.25, 0.3) is 0 Å². The molecule has 0 unspecified atom stereocenters. The topological polar surface area (TPSA) is 20.2 Å². The summed E-state index contributed by atoms with van der Waals surface area (Å²) in [4.78, 5) is 3.25. The van der Waals surface area contributed by atoms with E-state index in [9.17, 15) is 5.11 Å². The monoisotopic (exact) mass is 579 g/mol. The molecule has 0 atom stereocenters. The van der Waals surface area contributed by atoms with E-state index < -0.39 is 0 Å². The molecule has 1 nitrogen and oxygen atoms in total. The Kier molecular flexibility index (Phi) is 23.1. The van der Waals surface area contributed by atoms with Gasteiger partial charge in [-0.05, 0) is 28.7 Å². The van der Waals surface area contributed by atoms with Gasteiger partial charge in [-0.2, -0.15) is 78.9 Å². The van der Waals surface area contributed by atoms with Gasteiger partial charge >= 0.3 is 24.8 Å². The van der Waals surface area contributed by atoms with Gasteiger partial charge < -0.3 is 5.11 Å². The average molecular weight is 580 g/mol. The Morgan fingerprint density at radius 2 is 1.16 bits per heavy atom. The smallest absolute Gasteiger partial charge is 0.171 e. The van der Waals surface area contributed by atoms with Crippen LogP contribution in [-0.2, 0) is 20.0 Å². The zero-order valence-corrected chi connectivity index (χ0v) is 25.5. The quantitative estimate of drug-likeness (QED) is 0.176. The molecule has 0 saturated heterocycles. The SMILES string of the molecule is CC(C)(C)C1=[C-]CC=C1.Cl.Cl.Oc1cccc(-c2ccccc2)c1.[CH2]=[Ti].[c-]1ccccc1.[c-]1ccccc1. The van der Waals surface area contributed by atoms with Crippen molar-refractivity contribution in [3.05, 3.63) is 151 Å². The molecule has 4 aromatic carbocycles. The van der Waals surface area contributed by atoms with Crippen LogP contribution < -0.4 is 0 Å². The number of aromatic hydroxyl groups is 1. The van der Waals surface area contributed by atoms with E-state index in [2.05, 4.69) is 55.9 Å². The van der Waals surface area contributed by atoms with Crippen molar-refractivity contribution in [2.45, 2.75) is 27.2 Å². The number of halogens is 2. The Balaban J connectivity index is 0. The van der Waals surface area contributed by atoms with Crippen molar-refractivity contribution in [3.63, 3.8) is 0 Å². The number of rotatable bonds is 1. The zero-order valence-electron chi connectivity index (χ0n) is 22.3. The molecule has 38 heavy (non-hydrogen) atoms. The summed E-state index contributed by atoms with van der Waals surface area (Å²) in [5.41, 5.74) is 3.81. The van der Waals surface area contributed by atoms with Gasteiger partial charge in [0.05, 0.1) is 0 Å². The van der Waals surface area contributed by atoms with Crippen LogP contribution in [0.4, 0.5) is 0 Å². The Morgan fingerprint density at radius 3 is 1.47 bits per heavy atom. The van der Waals surface area contributed by atoms with Crippen LogP contribution in [0.1, 0.15) is 27.2 Å². The first-order valence-corrected chi connectivity index (χ1v) is 12.9. The van der Waals surface area contributed by atoms with E-state index in [-0.39, 0.29) is 24.8 Å². The standard InChI is InChI=1S/C12H10O.C9H13.2C6H5.CH2.2ClH.Ti/c13-12-8-4-7-11(9-12)10-5-2-1-3-6-10;1-9(2,3)8-6-4-5-7-8;2*1-2-4-6-5-3-1;;;;/h1-9,13H;4,6H,5H2,1-3H3;2*1-5H;1H2;2*1H;/q;3*-1;;;;. The molecule has 0 bridgehead atoms. The average Bonchev–Trinajstić information content (AvgIpc) is 3.50. The fourth-order valence-electron chi connectivity index (χ4n) is 2.92.